The number of ether oxygens (including phenoxy) is 1. The van der Waals surface area contributed by atoms with Gasteiger partial charge in [0.15, 0.2) is 0 Å². The van der Waals surface area contributed by atoms with Crippen molar-refractivity contribution in [2.45, 2.75) is 38.6 Å². The number of methoxy groups -OCH3 is 1. The van der Waals surface area contributed by atoms with Crippen molar-refractivity contribution in [1.82, 2.24) is 10.2 Å². The summed E-state index contributed by atoms with van der Waals surface area (Å²) in [6.45, 7) is 6.12. The maximum absolute atomic E-state index is 14.3. The minimum atomic E-state index is -0.115. The Labute approximate surface area is 139 Å². The van der Waals surface area contributed by atoms with Crippen molar-refractivity contribution < 1.29 is 9.13 Å². The average Bonchev–Trinajstić information content (AvgIpc) is 2.53. The van der Waals surface area contributed by atoms with Crippen molar-refractivity contribution in [1.29, 1.82) is 0 Å². The molecule has 1 heterocycles. The quantitative estimate of drug-likeness (QED) is 0.770. The van der Waals surface area contributed by atoms with Crippen LogP contribution in [-0.2, 0) is 0 Å². The summed E-state index contributed by atoms with van der Waals surface area (Å²) in [5.74, 6) is 0.623. The van der Waals surface area contributed by atoms with Crippen LogP contribution in [0.25, 0.3) is 0 Å². The second kappa shape index (κ2) is 10.0. The molecule has 0 aliphatic carbocycles. The van der Waals surface area contributed by atoms with E-state index in [2.05, 4.69) is 17.1 Å². The highest BCUT2D eigenvalue weighted by Gasteiger charge is 2.24. The summed E-state index contributed by atoms with van der Waals surface area (Å²) in [5, 5.41) is 3.37. The lowest BCUT2D eigenvalue weighted by Gasteiger charge is -2.35. The number of benzene rings is 1. The van der Waals surface area contributed by atoms with Crippen molar-refractivity contribution in [3.05, 3.63) is 29.6 Å². The normalized spacial score (nSPS) is 16.9. The molecule has 1 aliphatic heterocycles. The molecule has 1 aliphatic rings. The Morgan fingerprint density at radius 2 is 2.00 bits per heavy atom. The van der Waals surface area contributed by atoms with E-state index in [1.54, 1.807) is 13.2 Å². The Balaban J connectivity index is 0.00000242. The lowest BCUT2D eigenvalue weighted by atomic mass is 9.97. The molecule has 0 unspecified atom stereocenters. The topological polar surface area (TPSA) is 24.5 Å². The maximum atomic E-state index is 14.3. The number of halogens is 2. The predicted octanol–water partition coefficient (Wildman–Crippen LogP) is 3.78. The van der Waals surface area contributed by atoms with Crippen LogP contribution >= 0.6 is 12.4 Å². The summed E-state index contributed by atoms with van der Waals surface area (Å²) in [7, 11) is 1.63. The van der Waals surface area contributed by atoms with Gasteiger partial charge >= 0.3 is 0 Å². The third-order valence-electron chi connectivity index (χ3n) is 4.24. The van der Waals surface area contributed by atoms with E-state index in [0.29, 0.717) is 0 Å². The minimum absolute atomic E-state index is 0. The Morgan fingerprint density at radius 1 is 1.27 bits per heavy atom. The molecule has 3 nitrogen and oxygen atoms in total. The molecule has 1 fully saturated rings. The third-order valence-corrected chi connectivity index (χ3v) is 4.24. The third kappa shape index (κ3) is 5.11. The van der Waals surface area contributed by atoms with Crippen molar-refractivity contribution in [2.24, 2.45) is 0 Å². The highest BCUT2D eigenvalue weighted by Crippen LogP contribution is 2.31. The molecule has 0 aromatic heterocycles. The van der Waals surface area contributed by atoms with Crippen LogP contribution < -0.4 is 10.1 Å². The molecule has 1 aromatic rings. The second-order valence-electron chi connectivity index (χ2n) is 5.68. The molecular formula is C17H28ClFN2O. The van der Waals surface area contributed by atoms with Crippen LogP contribution in [-0.4, -0.2) is 38.2 Å². The van der Waals surface area contributed by atoms with Gasteiger partial charge in [-0.1, -0.05) is 26.2 Å². The van der Waals surface area contributed by atoms with Crippen LogP contribution in [0, 0.1) is 5.82 Å². The lowest BCUT2D eigenvalue weighted by Crippen LogP contribution is -2.45. The number of hydrogen-bond acceptors (Lipinski definition) is 3. The lowest BCUT2D eigenvalue weighted by molar-refractivity contribution is 0.159. The Bertz CT molecular complexity index is 439. The van der Waals surface area contributed by atoms with Gasteiger partial charge in [-0.15, -0.1) is 12.4 Å². The van der Waals surface area contributed by atoms with Crippen LogP contribution in [0.15, 0.2) is 18.2 Å². The van der Waals surface area contributed by atoms with E-state index >= 15 is 0 Å². The van der Waals surface area contributed by atoms with Gasteiger partial charge in [0, 0.05) is 37.8 Å². The molecule has 0 spiro atoms. The molecule has 1 N–H and O–H groups in total. The van der Waals surface area contributed by atoms with Crippen molar-refractivity contribution in [3.63, 3.8) is 0 Å². The fourth-order valence-electron chi connectivity index (χ4n) is 3.02. The van der Waals surface area contributed by atoms with Crippen LogP contribution in [0.2, 0.25) is 0 Å². The summed E-state index contributed by atoms with van der Waals surface area (Å²) in [6.07, 6.45) is 4.54. The SMILES string of the molecule is CCCCC[C@@H](c1cc(OC)ccc1F)N1CCNCC1.Cl. The standard InChI is InChI=1S/C17H27FN2O.ClH/c1-3-4-5-6-17(20-11-9-19-10-12-20)15-13-14(21-2)7-8-16(15)18;/h7-8,13,17,19H,3-6,9-12H2,1-2H3;1H/t17-;/m0./s1. The molecule has 0 bridgehead atoms. The average molecular weight is 331 g/mol. The van der Waals surface area contributed by atoms with Gasteiger partial charge in [-0.2, -0.15) is 0 Å². The van der Waals surface area contributed by atoms with E-state index in [1.807, 2.05) is 6.07 Å². The smallest absolute Gasteiger partial charge is 0.128 e. The number of unbranched alkanes of at least 4 members (excludes halogenated alkanes) is 2. The van der Waals surface area contributed by atoms with Crippen LogP contribution in [0.4, 0.5) is 4.39 Å². The molecular weight excluding hydrogens is 303 g/mol. The predicted molar refractivity (Wildman–Crippen MR) is 91.5 cm³/mol. The zero-order valence-electron chi connectivity index (χ0n) is 13.6. The summed E-state index contributed by atoms with van der Waals surface area (Å²) in [6, 6.07) is 5.25. The molecule has 0 saturated carbocycles. The van der Waals surface area contributed by atoms with E-state index in [0.717, 1.165) is 50.3 Å². The van der Waals surface area contributed by atoms with E-state index in [-0.39, 0.29) is 24.3 Å². The van der Waals surface area contributed by atoms with E-state index in [9.17, 15) is 4.39 Å². The summed E-state index contributed by atoms with van der Waals surface area (Å²) in [4.78, 5) is 2.41. The molecule has 0 amide bonds. The summed E-state index contributed by atoms with van der Waals surface area (Å²) >= 11 is 0. The largest absolute Gasteiger partial charge is 0.497 e. The Morgan fingerprint density at radius 3 is 2.64 bits per heavy atom. The number of hydrogen-bond donors (Lipinski definition) is 1. The Hall–Kier alpha value is -0.840. The zero-order chi connectivity index (χ0) is 15.1. The summed E-state index contributed by atoms with van der Waals surface area (Å²) < 4.78 is 19.6. The highest BCUT2D eigenvalue weighted by atomic mass is 35.5. The van der Waals surface area contributed by atoms with E-state index in [1.165, 1.54) is 18.9 Å². The fourth-order valence-corrected chi connectivity index (χ4v) is 3.02. The first-order valence-electron chi connectivity index (χ1n) is 8.04. The number of nitrogens with one attached hydrogen (secondary N) is 1. The van der Waals surface area contributed by atoms with E-state index < -0.39 is 0 Å². The molecule has 1 aromatic carbocycles. The second-order valence-corrected chi connectivity index (χ2v) is 5.68. The van der Waals surface area contributed by atoms with Crippen molar-refractivity contribution >= 4 is 12.4 Å². The molecule has 126 valence electrons. The molecule has 1 atom stereocenters. The first kappa shape index (κ1) is 19.2. The molecule has 2 rings (SSSR count). The first-order valence-corrected chi connectivity index (χ1v) is 8.04. The fraction of sp³-hybridized carbons (Fsp3) is 0.647. The molecule has 1 saturated heterocycles. The minimum Gasteiger partial charge on any atom is -0.497 e. The van der Waals surface area contributed by atoms with Gasteiger partial charge < -0.3 is 10.1 Å². The first-order chi connectivity index (χ1) is 10.3. The molecule has 22 heavy (non-hydrogen) atoms. The summed E-state index contributed by atoms with van der Waals surface area (Å²) in [5.41, 5.74) is 0.785. The van der Waals surface area contributed by atoms with Gasteiger partial charge in [0.05, 0.1) is 7.11 Å². The van der Waals surface area contributed by atoms with Crippen LogP contribution in [0.1, 0.15) is 44.2 Å². The van der Waals surface area contributed by atoms with Crippen molar-refractivity contribution in [2.75, 3.05) is 33.3 Å². The van der Waals surface area contributed by atoms with Gasteiger partial charge in [-0.3, -0.25) is 4.90 Å². The number of rotatable bonds is 7. The zero-order valence-corrected chi connectivity index (χ0v) is 14.4. The van der Waals surface area contributed by atoms with Gasteiger partial charge in [-0.05, 0) is 24.6 Å². The molecule has 0 radical (unpaired) electrons. The van der Waals surface area contributed by atoms with Gasteiger partial charge in [0.2, 0.25) is 0 Å². The maximum Gasteiger partial charge on any atom is 0.128 e. The number of piperazine rings is 1. The van der Waals surface area contributed by atoms with Gasteiger partial charge in [0.25, 0.3) is 0 Å². The molecule has 5 heteroatoms. The van der Waals surface area contributed by atoms with E-state index in [4.69, 9.17) is 4.74 Å². The highest BCUT2D eigenvalue weighted by molar-refractivity contribution is 5.85. The van der Waals surface area contributed by atoms with Crippen LogP contribution in [0.5, 0.6) is 5.75 Å². The van der Waals surface area contributed by atoms with Crippen LogP contribution in [0.3, 0.4) is 0 Å². The van der Waals surface area contributed by atoms with Gasteiger partial charge in [0.1, 0.15) is 11.6 Å². The number of nitrogens with zero attached hydrogens (tertiary/aromatic N) is 1. The van der Waals surface area contributed by atoms with Crippen molar-refractivity contribution in [3.8, 4) is 5.75 Å². The van der Waals surface area contributed by atoms with Gasteiger partial charge in [-0.25, -0.2) is 4.39 Å². The monoisotopic (exact) mass is 330 g/mol. The Kier molecular flexibility index (Phi) is 8.76.